The average molecular weight is 507 g/mol. The van der Waals surface area contributed by atoms with Crippen LogP contribution in [-0.2, 0) is 16.6 Å². The largest absolute Gasteiger partial charge is 0.378 e. The Hall–Kier alpha value is -3.69. The third-order valence-electron chi connectivity index (χ3n) is 6.43. The predicted octanol–water partition coefficient (Wildman–Crippen LogP) is 2.78. The van der Waals surface area contributed by atoms with Crippen LogP contribution >= 0.6 is 0 Å². The minimum Gasteiger partial charge on any atom is -0.378 e. The molecule has 1 aliphatic rings. The van der Waals surface area contributed by atoms with Gasteiger partial charge in [-0.15, -0.1) is 0 Å². The van der Waals surface area contributed by atoms with Gasteiger partial charge >= 0.3 is 0 Å². The SMILES string of the molecule is C=N/C(=C\C(=C/C)C(=O)Nc1ccc(C)c(-c2cc(N3CCOCC3)c(=O)n(C)c2)c1)N(C)CCNC. The zero-order valence-electron chi connectivity index (χ0n) is 22.5. The van der Waals surface area contributed by atoms with Crippen molar-refractivity contribution in [3.63, 3.8) is 0 Å². The van der Waals surface area contributed by atoms with Crippen LogP contribution in [-0.4, -0.2) is 75.6 Å². The summed E-state index contributed by atoms with van der Waals surface area (Å²) < 4.78 is 7.07. The Kier molecular flexibility index (Phi) is 9.82. The van der Waals surface area contributed by atoms with Gasteiger partial charge in [-0.1, -0.05) is 12.1 Å². The second-order valence-corrected chi connectivity index (χ2v) is 9.04. The first-order valence-electron chi connectivity index (χ1n) is 12.4. The molecule has 0 aliphatic carbocycles. The molecule has 0 radical (unpaired) electrons. The van der Waals surface area contributed by atoms with Crippen LogP contribution in [0.25, 0.3) is 11.1 Å². The molecular weight excluding hydrogens is 468 g/mol. The van der Waals surface area contributed by atoms with Gasteiger partial charge < -0.3 is 29.7 Å². The fourth-order valence-electron chi connectivity index (χ4n) is 4.18. The maximum absolute atomic E-state index is 13.1. The molecule has 1 fully saturated rings. The van der Waals surface area contributed by atoms with Gasteiger partial charge in [-0.25, -0.2) is 4.99 Å². The summed E-state index contributed by atoms with van der Waals surface area (Å²) in [5.74, 6) is 0.374. The Morgan fingerprint density at radius 2 is 2.00 bits per heavy atom. The van der Waals surface area contributed by atoms with E-state index in [-0.39, 0.29) is 11.5 Å². The lowest BCUT2D eigenvalue weighted by Crippen LogP contribution is -2.40. The van der Waals surface area contributed by atoms with Gasteiger partial charge in [-0.05, 0) is 63.0 Å². The zero-order chi connectivity index (χ0) is 26.9. The smallest absolute Gasteiger partial charge is 0.273 e. The van der Waals surface area contributed by atoms with Crippen LogP contribution < -0.4 is 21.1 Å². The first-order chi connectivity index (χ1) is 17.8. The van der Waals surface area contributed by atoms with Gasteiger partial charge in [0.2, 0.25) is 0 Å². The van der Waals surface area contributed by atoms with Gasteiger partial charge in [0.05, 0.1) is 13.2 Å². The van der Waals surface area contributed by atoms with Gasteiger partial charge in [0.1, 0.15) is 11.5 Å². The number of ether oxygens (including phenoxy) is 1. The number of hydrogen-bond donors (Lipinski definition) is 2. The number of aliphatic imine (C=N–C) groups is 1. The summed E-state index contributed by atoms with van der Waals surface area (Å²) in [7, 11) is 5.56. The number of aromatic nitrogens is 1. The summed E-state index contributed by atoms with van der Waals surface area (Å²) >= 11 is 0. The number of hydrogen-bond acceptors (Lipinski definition) is 7. The monoisotopic (exact) mass is 506 g/mol. The number of aryl methyl sites for hydroxylation is 2. The molecule has 0 bridgehead atoms. The Bertz CT molecular complexity index is 1240. The van der Waals surface area contributed by atoms with Gasteiger partial charge in [-0.3, -0.25) is 9.59 Å². The number of amides is 1. The Balaban J connectivity index is 1.88. The Morgan fingerprint density at radius 1 is 1.27 bits per heavy atom. The average Bonchev–Trinajstić information content (AvgIpc) is 2.91. The first kappa shape index (κ1) is 27.9. The normalized spacial score (nSPS) is 14.5. The topological polar surface area (TPSA) is 91.2 Å². The van der Waals surface area contributed by atoms with Gasteiger partial charge in [-0.2, -0.15) is 0 Å². The highest BCUT2D eigenvalue weighted by atomic mass is 16.5. The number of morpholine rings is 1. The Labute approximate surface area is 219 Å². The number of carbonyl (C=O) groups excluding carboxylic acids is 1. The first-order valence-corrected chi connectivity index (χ1v) is 12.4. The summed E-state index contributed by atoms with van der Waals surface area (Å²) in [6, 6.07) is 7.73. The molecule has 0 spiro atoms. The number of pyridine rings is 1. The number of allylic oxidation sites excluding steroid dienone is 1. The Morgan fingerprint density at radius 3 is 2.65 bits per heavy atom. The van der Waals surface area contributed by atoms with Crippen LogP contribution in [0.15, 0.2) is 63.8 Å². The van der Waals surface area contributed by atoms with E-state index in [1.807, 2.05) is 63.3 Å². The number of likely N-dealkylation sites (N-methyl/N-ethyl adjacent to an activating group) is 2. The van der Waals surface area contributed by atoms with Crippen LogP contribution in [0.4, 0.5) is 11.4 Å². The van der Waals surface area contributed by atoms with E-state index < -0.39 is 0 Å². The number of rotatable bonds is 10. The molecule has 2 aromatic rings. The molecule has 198 valence electrons. The molecule has 3 rings (SSSR count). The summed E-state index contributed by atoms with van der Waals surface area (Å²) in [6.07, 6.45) is 5.32. The van der Waals surface area contributed by atoms with Crippen LogP contribution in [0.1, 0.15) is 12.5 Å². The maximum atomic E-state index is 13.1. The van der Waals surface area contributed by atoms with Crippen LogP contribution in [0.3, 0.4) is 0 Å². The number of nitrogens with one attached hydrogen (secondary N) is 2. The minimum atomic E-state index is -0.241. The van der Waals surface area contributed by atoms with E-state index in [0.717, 1.165) is 29.8 Å². The van der Waals surface area contributed by atoms with Crippen molar-refractivity contribution in [2.24, 2.45) is 12.0 Å². The highest BCUT2D eigenvalue weighted by molar-refractivity contribution is 6.06. The molecule has 9 heteroatoms. The van der Waals surface area contributed by atoms with Gasteiger partial charge in [0.25, 0.3) is 11.5 Å². The quantitative estimate of drug-likeness (QED) is 0.293. The molecular formula is C28H38N6O3. The predicted molar refractivity (Wildman–Crippen MR) is 151 cm³/mol. The van der Waals surface area contributed by atoms with Crippen molar-refractivity contribution < 1.29 is 9.53 Å². The molecule has 1 saturated heterocycles. The van der Waals surface area contributed by atoms with Crippen molar-refractivity contribution >= 4 is 24.0 Å². The lowest BCUT2D eigenvalue weighted by molar-refractivity contribution is -0.112. The summed E-state index contributed by atoms with van der Waals surface area (Å²) in [5.41, 5.74) is 4.66. The molecule has 0 atom stereocenters. The third kappa shape index (κ3) is 6.96. The van der Waals surface area contributed by atoms with Crippen molar-refractivity contribution in [2.45, 2.75) is 13.8 Å². The number of nitrogens with zero attached hydrogens (tertiary/aromatic N) is 4. The van der Waals surface area contributed by atoms with E-state index >= 15 is 0 Å². The van der Waals surface area contributed by atoms with E-state index in [1.54, 1.807) is 23.8 Å². The van der Waals surface area contributed by atoms with Crippen LogP contribution in [0, 0.1) is 6.92 Å². The van der Waals surface area contributed by atoms with Crippen molar-refractivity contribution in [3.05, 3.63) is 69.9 Å². The van der Waals surface area contributed by atoms with Gasteiger partial charge in [0.15, 0.2) is 0 Å². The van der Waals surface area contributed by atoms with Crippen LogP contribution in [0.5, 0.6) is 0 Å². The lowest BCUT2D eigenvalue weighted by Gasteiger charge is -2.29. The minimum absolute atomic E-state index is 0.0383. The molecule has 1 aliphatic heterocycles. The highest BCUT2D eigenvalue weighted by Crippen LogP contribution is 2.29. The summed E-state index contributed by atoms with van der Waals surface area (Å²) in [5, 5.41) is 6.11. The fourth-order valence-corrected chi connectivity index (χ4v) is 4.18. The molecule has 9 nitrogen and oxygen atoms in total. The maximum Gasteiger partial charge on any atom is 0.273 e. The number of benzene rings is 1. The van der Waals surface area contributed by atoms with E-state index in [1.165, 1.54) is 0 Å². The van der Waals surface area contributed by atoms with Crippen molar-refractivity contribution in [1.29, 1.82) is 0 Å². The van der Waals surface area contributed by atoms with E-state index in [9.17, 15) is 9.59 Å². The number of anilines is 2. The standard InChI is InChI=1S/C28H38N6O3/c1-7-21(17-26(30-4)32(5)11-10-29-3)27(35)31-23-9-8-20(2)24(18-23)22-16-25(28(36)33(6)19-22)34-12-14-37-15-13-34/h7-9,16-19,29H,4,10-15H2,1-3,5-6H3,(H,31,35)/b21-7+,26-17+. The molecule has 37 heavy (non-hydrogen) atoms. The summed E-state index contributed by atoms with van der Waals surface area (Å²) in [4.78, 5) is 34.1. The zero-order valence-corrected chi connectivity index (χ0v) is 22.5. The van der Waals surface area contributed by atoms with E-state index in [2.05, 4.69) is 27.2 Å². The molecule has 2 N–H and O–H groups in total. The van der Waals surface area contributed by atoms with Crippen molar-refractivity contribution in [2.75, 3.05) is 63.7 Å². The second kappa shape index (κ2) is 13.0. The van der Waals surface area contributed by atoms with Crippen molar-refractivity contribution in [3.8, 4) is 11.1 Å². The van der Waals surface area contributed by atoms with E-state index in [4.69, 9.17) is 4.74 Å². The van der Waals surface area contributed by atoms with Gasteiger partial charge in [0, 0.05) is 63.3 Å². The van der Waals surface area contributed by atoms with Crippen LogP contribution in [0.2, 0.25) is 0 Å². The highest BCUT2D eigenvalue weighted by Gasteiger charge is 2.18. The number of carbonyl (C=O) groups is 1. The molecule has 1 amide bonds. The van der Waals surface area contributed by atoms with Crippen molar-refractivity contribution in [1.82, 2.24) is 14.8 Å². The second-order valence-electron chi connectivity index (χ2n) is 9.04. The molecule has 0 unspecified atom stereocenters. The fraction of sp³-hybridized carbons (Fsp3) is 0.393. The molecule has 0 saturated carbocycles. The lowest BCUT2D eigenvalue weighted by atomic mass is 10.0. The third-order valence-corrected chi connectivity index (χ3v) is 6.43. The molecule has 1 aromatic carbocycles. The molecule has 1 aromatic heterocycles. The molecule has 2 heterocycles. The van der Waals surface area contributed by atoms with E-state index in [0.29, 0.717) is 49.1 Å². The summed E-state index contributed by atoms with van der Waals surface area (Å²) in [6.45, 7) is 11.6.